The third-order valence-electron chi connectivity index (χ3n) is 5.54. The monoisotopic (exact) mass is 458 g/mol. The molecule has 0 bridgehead atoms. The fourth-order valence-electron chi connectivity index (χ4n) is 3.88. The Hall–Kier alpha value is -3.75. The van der Waals surface area contributed by atoms with Crippen molar-refractivity contribution < 1.29 is 12.8 Å². The van der Waals surface area contributed by atoms with Crippen molar-refractivity contribution in [3.8, 4) is 11.5 Å². The first-order valence-corrected chi connectivity index (χ1v) is 11.9. The zero-order valence-corrected chi connectivity index (χ0v) is 18.7. The molecule has 0 saturated heterocycles. The number of rotatable bonds is 6. The quantitative estimate of drug-likeness (QED) is 0.406. The molecule has 1 atom stereocenters. The topological polar surface area (TPSA) is 104 Å². The molecule has 0 spiro atoms. The molecule has 2 N–H and O–H groups in total. The van der Waals surface area contributed by atoms with Crippen molar-refractivity contribution in [3.05, 3.63) is 103 Å². The van der Waals surface area contributed by atoms with E-state index in [1.165, 1.54) is 10.2 Å². The normalized spacial score (nSPS) is 13.8. The van der Waals surface area contributed by atoms with Crippen molar-refractivity contribution in [1.82, 2.24) is 14.2 Å². The number of benzene rings is 3. The molecule has 33 heavy (non-hydrogen) atoms. The highest BCUT2D eigenvalue weighted by molar-refractivity contribution is 7.90. The standard InChI is InChI=1S/C25H22N4O3S/c1-25(26,16-18-10-4-2-5-11-18)24-28-27-23(32-24)21-17-29(22-15-9-8-14-20(21)22)33(30,31)19-12-6-3-7-13-19/h2-15,17H,16,26H2,1H3/t25-/m1/s1. The molecule has 2 aromatic heterocycles. The van der Waals surface area contributed by atoms with E-state index in [2.05, 4.69) is 10.2 Å². The first kappa shape index (κ1) is 21.1. The highest BCUT2D eigenvalue weighted by Gasteiger charge is 2.30. The summed E-state index contributed by atoms with van der Waals surface area (Å²) in [5.74, 6) is 0.497. The summed E-state index contributed by atoms with van der Waals surface area (Å²) >= 11 is 0. The van der Waals surface area contributed by atoms with Crippen LogP contribution in [0.1, 0.15) is 18.4 Å². The Morgan fingerprint density at radius 1 is 0.909 bits per heavy atom. The maximum absolute atomic E-state index is 13.3. The van der Waals surface area contributed by atoms with Crippen molar-refractivity contribution >= 4 is 20.9 Å². The molecule has 2 heterocycles. The maximum atomic E-state index is 13.3. The van der Waals surface area contributed by atoms with Gasteiger partial charge in [0.15, 0.2) is 0 Å². The van der Waals surface area contributed by atoms with E-state index in [0.717, 1.165) is 5.56 Å². The van der Waals surface area contributed by atoms with E-state index in [1.807, 2.05) is 49.4 Å². The number of nitrogens with zero attached hydrogens (tertiary/aromatic N) is 3. The van der Waals surface area contributed by atoms with Crippen LogP contribution in [0.15, 0.2) is 100 Å². The smallest absolute Gasteiger partial charge is 0.268 e. The van der Waals surface area contributed by atoms with Gasteiger partial charge in [0.1, 0.15) is 0 Å². The second-order valence-corrected chi connectivity index (χ2v) is 9.98. The predicted molar refractivity (Wildman–Crippen MR) is 126 cm³/mol. The minimum absolute atomic E-state index is 0.195. The second-order valence-electron chi connectivity index (χ2n) is 8.17. The first-order chi connectivity index (χ1) is 15.9. The van der Waals surface area contributed by atoms with Gasteiger partial charge in [0.05, 0.1) is 21.5 Å². The molecule has 5 aromatic rings. The fraction of sp³-hybridized carbons (Fsp3) is 0.120. The number of fused-ring (bicyclic) bond motifs is 1. The summed E-state index contributed by atoms with van der Waals surface area (Å²) in [7, 11) is -3.81. The molecule has 0 aliphatic carbocycles. The zero-order chi connectivity index (χ0) is 23.1. The van der Waals surface area contributed by atoms with E-state index in [-0.39, 0.29) is 16.7 Å². The van der Waals surface area contributed by atoms with Crippen LogP contribution in [-0.2, 0) is 22.0 Å². The molecule has 0 unspecified atom stereocenters. The molecule has 166 valence electrons. The van der Waals surface area contributed by atoms with Crippen molar-refractivity contribution in [1.29, 1.82) is 0 Å². The second kappa shape index (κ2) is 7.99. The van der Waals surface area contributed by atoms with Crippen molar-refractivity contribution in [2.45, 2.75) is 23.8 Å². The third kappa shape index (κ3) is 3.83. The molecule has 3 aromatic carbocycles. The molecule has 5 rings (SSSR count). The average Bonchev–Trinajstić information content (AvgIpc) is 3.46. The fourth-order valence-corrected chi connectivity index (χ4v) is 5.27. The molecule has 0 fully saturated rings. The molecule has 8 heteroatoms. The van der Waals surface area contributed by atoms with Crippen LogP contribution >= 0.6 is 0 Å². The van der Waals surface area contributed by atoms with Crippen LogP contribution in [0.3, 0.4) is 0 Å². The number of hydrogen-bond acceptors (Lipinski definition) is 6. The Bertz CT molecular complexity index is 1520. The first-order valence-electron chi connectivity index (χ1n) is 10.4. The van der Waals surface area contributed by atoms with Crippen LogP contribution in [0.25, 0.3) is 22.4 Å². The predicted octanol–water partition coefficient (Wildman–Crippen LogP) is 4.34. The van der Waals surface area contributed by atoms with Gasteiger partial charge in [0, 0.05) is 11.6 Å². The summed E-state index contributed by atoms with van der Waals surface area (Å²) in [4.78, 5) is 0.195. The van der Waals surface area contributed by atoms with Gasteiger partial charge in [-0.1, -0.05) is 66.7 Å². The zero-order valence-electron chi connectivity index (χ0n) is 17.9. The lowest BCUT2D eigenvalue weighted by Crippen LogP contribution is -2.35. The average molecular weight is 459 g/mol. The van der Waals surface area contributed by atoms with E-state index in [1.54, 1.807) is 42.5 Å². The van der Waals surface area contributed by atoms with Crippen LogP contribution in [0.2, 0.25) is 0 Å². The third-order valence-corrected chi connectivity index (χ3v) is 7.22. The largest absolute Gasteiger partial charge is 0.419 e. The lowest BCUT2D eigenvalue weighted by Gasteiger charge is -2.20. The summed E-state index contributed by atoms with van der Waals surface area (Å²) in [5.41, 5.74) is 7.74. The van der Waals surface area contributed by atoms with Crippen LogP contribution in [0, 0.1) is 0 Å². The summed E-state index contributed by atoms with van der Waals surface area (Å²) in [6, 6.07) is 25.3. The van der Waals surface area contributed by atoms with Crippen molar-refractivity contribution in [3.63, 3.8) is 0 Å². The number of aromatic nitrogens is 3. The van der Waals surface area contributed by atoms with Crippen molar-refractivity contribution in [2.75, 3.05) is 0 Å². The molecular weight excluding hydrogens is 436 g/mol. The molecule has 0 radical (unpaired) electrons. The Labute approximate surface area is 191 Å². The van der Waals surface area contributed by atoms with Gasteiger partial charge in [-0.3, -0.25) is 0 Å². The molecular formula is C25H22N4O3S. The summed E-state index contributed by atoms with van der Waals surface area (Å²) < 4.78 is 33.9. The van der Waals surface area contributed by atoms with Gasteiger partial charge in [-0.25, -0.2) is 12.4 Å². The lowest BCUT2D eigenvalue weighted by atomic mass is 9.94. The number of para-hydroxylation sites is 1. The van der Waals surface area contributed by atoms with Gasteiger partial charge < -0.3 is 10.2 Å². The minimum Gasteiger partial charge on any atom is -0.419 e. The van der Waals surface area contributed by atoms with Crippen LogP contribution in [0.5, 0.6) is 0 Å². The maximum Gasteiger partial charge on any atom is 0.268 e. The highest BCUT2D eigenvalue weighted by atomic mass is 32.2. The Kier molecular flexibility index (Phi) is 5.11. The summed E-state index contributed by atoms with van der Waals surface area (Å²) in [6.45, 7) is 1.83. The SMILES string of the molecule is C[C@@](N)(Cc1ccccc1)c1nnc(-c2cn(S(=O)(=O)c3ccccc3)c3ccccc23)o1. The van der Waals surface area contributed by atoms with E-state index < -0.39 is 15.6 Å². The van der Waals surface area contributed by atoms with E-state index in [0.29, 0.717) is 22.9 Å². The van der Waals surface area contributed by atoms with Gasteiger partial charge in [0.25, 0.3) is 10.0 Å². The van der Waals surface area contributed by atoms with Crippen molar-refractivity contribution in [2.24, 2.45) is 5.73 Å². The lowest BCUT2D eigenvalue weighted by molar-refractivity contribution is 0.356. The minimum atomic E-state index is -3.81. The molecule has 0 saturated carbocycles. The van der Waals surface area contributed by atoms with Crippen LogP contribution in [-0.4, -0.2) is 22.6 Å². The molecule has 0 aliphatic heterocycles. The van der Waals surface area contributed by atoms with Gasteiger partial charge in [-0.2, -0.15) is 0 Å². The van der Waals surface area contributed by atoms with Crippen LogP contribution < -0.4 is 5.73 Å². The Morgan fingerprint density at radius 3 is 2.27 bits per heavy atom. The Morgan fingerprint density at radius 2 is 1.55 bits per heavy atom. The van der Waals surface area contributed by atoms with Gasteiger partial charge in [-0.15, -0.1) is 10.2 Å². The highest BCUT2D eigenvalue weighted by Crippen LogP contribution is 2.33. The van der Waals surface area contributed by atoms with Gasteiger partial charge >= 0.3 is 0 Å². The molecule has 7 nitrogen and oxygen atoms in total. The Balaban J connectivity index is 1.58. The molecule has 0 aliphatic rings. The van der Waals surface area contributed by atoms with Gasteiger partial charge in [-0.05, 0) is 37.1 Å². The van der Waals surface area contributed by atoms with E-state index in [4.69, 9.17) is 10.2 Å². The summed E-state index contributed by atoms with van der Waals surface area (Å²) in [6.07, 6.45) is 2.04. The van der Waals surface area contributed by atoms with Gasteiger partial charge in [0.2, 0.25) is 11.8 Å². The number of nitrogens with two attached hydrogens (primary N) is 1. The van der Waals surface area contributed by atoms with E-state index in [9.17, 15) is 8.42 Å². The number of hydrogen-bond donors (Lipinski definition) is 1. The summed E-state index contributed by atoms with van der Waals surface area (Å²) in [5, 5.41) is 9.09. The van der Waals surface area contributed by atoms with E-state index >= 15 is 0 Å². The van der Waals surface area contributed by atoms with Crippen LogP contribution in [0.4, 0.5) is 0 Å². The molecule has 0 amide bonds.